The van der Waals surface area contributed by atoms with Crippen LogP contribution in [0.25, 0.3) is 0 Å². The van der Waals surface area contributed by atoms with E-state index in [0.717, 1.165) is 44.9 Å². The third kappa shape index (κ3) is 6.72. The molecule has 0 aromatic heterocycles. The van der Waals surface area contributed by atoms with E-state index < -0.39 is 5.97 Å². The van der Waals surface area contributed by atoms with Gasteiger partial charge in [0.25, 0.3) is 0 Å². The summed E-state index contributed by atoms with van der Waals surface area (Å²) in [6, 6.07) is 0. The van der Waals surface area contributed by atoms with Crippen LogP contribution in [0.3, 0.4) is 0 Å². The number of carbonyl (C=O) groups is 1. The molecule has 1 saturated carbocycles. The monoisotopic (exact) mass is 354 g/mol. The van der Waals surface area contributed by atoms with Crippen molar-refractivity contribution in [3.63, 3.8) is 0 Å². The van der Waals surface area contributed by atoms with Gasteiger partial charge in [-0.2, -0.15) is 0 Å². The Kier molecular flexibility index (Phi) is 8.93. The fraction of sp³-hybridized carbons (Fsp3) is 0.850. The Bertz CT molecular complexity index is 422. The molecule has 1 heterocycles. The van der Waals surface area contributed by atoms with E-state index in [4.69, 9.17) is 14.9 Å². The number of hydrogen-bond donors (Lipinski definition) is 2. The van der Waals surface area contributed by atoms with Crippen LogP contribution >= 0.6 is 0 Å². The second-order valence-electron chi connectivity index (χ2n) is 7.55. The molecule has 0 spiro atoms. The van der Waals surface area contributed by atoms with E-state index in [0.29, 0.717) is 18.3 Å². The second kappa shape index (κ2) is 10.9. The molecule has 2 N–H and O–H groups in total. The van der Waals surface area contributed by atoms with Crippen molar-refractivity contribution in [3.05, 3.63) is 12.2 Å². The van der Waals surface area contributed by atoms with Gasteiger partial charge in [0.05, 0.1) is 18.3 Å². The van der Waals surface area contributed by atoms with Gasteiger partial charge in [0.15, 0.2) is 0 Å². The number of fused-ring (bicyclic) bond motifs is 2. The third-order valence-electron chi connectivity index (χ3n) is 5.58. The lowest BCUT2D eigenvalue weighted by Crippen LogP contribution is -2.30. The Morgan fingerprint density at radius 3 is 2.60 bits per heavy atom. The molecular formula is C20H34O5. The summed E-state index contributed by atoms with van der Waals surface area (Å²) >= 11 is 0. The van der Waals surface area contributed by atoms with Gasteiger partial charge in [-0.25, -0.2) is 9.78 Å². The predicted molar refractivity (Wildman–Crippen MR) is 96.0 cm³/mol. The van der Waals surface area contributed by atoms with Gasteiger partial charge in [-0.1, -0.05) is 38.3 Å². The lowest BCUT2D eigenvalue weighted by molar-refractivity contribution is -0.341. The van der Waals surface area contributed by atoms with Gasteiger partial charge in [-0.05, 0) is 50.4 Å². The van der Waals surface area contributed by atoms with Gasteiger partial charge in [0.1, 0.15) is 0 Å². The summed E-state index contributed by atoms with van der Waals surface area (Å²) in [5, 5.41) is 18.8. The number of allylic oxidation sites excluding steroid dienone is 2. The first-order chi connectivity index (χ1) is 12.1. The quantitative estimate of drug-likeness (QED) is 0.294. The van der Waals surface area contributed by atoms with Gasteiger partial charge >= 0.3 is 5.97 Å². The lowest BCUT2D eigenvalue weighted by atomic mass is 9.85. The number of aliphatic carboxylic acids is 1. The summed E-state index contributed by atoms with van der Waals surface area (Å²) in [6.07, 6.45) is 14.3. The van der Waals surface area contributed by atoms with Crippen LogP contribution in [0.2, 0.25) is 0 Å². The zero-order chi connectivity index (χ0) is 18.1. The number of carboxylic acid groups (broad SMARTS) is 1. The summed E-state index contributed by atoms with van der Waals surface area (Å²) in [4.78, 5) is 21.3. The van der Waals surface area contributed by atoms with Crippen LogP contribution in [-0.2, 0) is 14.6 Å². The lowest BCUT2D eigenvalue weighted by Gasteiger charge is -2.30. The molecule has 1 saturated heterocycles. The molecule has 2 bridgehead atoms. The molecule has 144 valence electrons. The molecule has 5 atom stereocenters. The highest BCUT2D eigenvalue weighted by Crippen LogP contribution is 2.46. The van der Waals surface area contributed by atoms with E-state index >= 15 is 0 Å². The fourth-order valence-electron chi connectivity index (χ4n) is 4.12. The molecule has 0 radical (unpaired) electrons. The molecule has 2 unspecified atom stereocenters. The highest BCUT2D eigenvalue weighted by Gasteiger charge is 2.49. The van der Waals surface area contributed by atoms with E-state index in [-0.39, 0.29) is 24.7 Å². The Balaban J connectivity index is 1.71. The van der Waals surface area contributed by atoms with E-state index in [2.05, 4.69) is 19.1 Å². The first kappa shape index (κ1) is 20.4. The minimum Gasteiger partial charge on any atom is -0.481 e. The molecule has 2 rings (SSSR count). The van der Waals surface area contributed by atoms with Gasteiger partial charge in [-0.15, -0.1) is 0 Å². The minimum atomic E-state index is -0.732. The molecule has 0 aromatic rings. The average Bonchev–Trinajstić information content (AvgIpc) is 3.17. The highest BCUT2D eigenvalue weighted by atomic mass is 17.2. The fourth-order valence-corrected chi connectivity index (χ4v) is 4.12. The molecule has 2 fully saturated rings. The maximum Gasteiger partial charge on any atom is 0.303 e. The van der Waals surface area contributed by atoms with Crippen molar-refractivity contribution in [1.29, 1.82) is 0 Å². The molecule has 25 heavy (non-hydrogen) atoms. The first-order valence-corrected chi connectivity index (χ1v) is 9.98. The molecule has 1 aliphatic carbocycles. The smallest absolute Gasteiger partial charge is 0.303 e. The number of unbranched alkanes of at least 4 members (excludes halogenated alkanes) is 3. The summed E-state index contributed by atoms with van der Waals surface area (Å²) in [6.45, 7) is 2.18. The Hall–Kier alpha value is -0.910. The topological polar surface area (TPSA) is 76.0 Å². The molecule has 1 aliphatic heterocycles. The van der Waals surface area contributed by atoms with Gasteiger partial charge in [-0.3, -0.25) is 4.79 Å². The van der Waals surface area contributed by atoms with Gasteiger partial charge in [0, 0.05) is 12.8 Å². The van der Waals surface area contributed by atoms with E-state index in [9.17, 15) is 9.90 Å². The van der Waals surface area contributed by atoms with Gasteiger partial charge < -0.3 is 10.2 Å². The highest BCUT2D eigenvalue weighted by molar-refractivity contribution is 5.66. The van der Waals surface area contributed by atoms with E-state index in [1.165, 1.54) is 12.8 Å². The molecule has 0 aromatic carbocycles. The second-order valence-corrected chi connectivity index (χ2v) is 7.55. The van der Waals surface area contributed by atoms with Crippen molar-refractivity contribution in [1.82, 2.24) is 0 Å². The summed E-state index contributed by atoms with van der Waals surface area (Å²) in [7, 11) is 0. The van der Waals surface area contributed by atoms with Crippen LogP contribution < -0.4 is 0 Å². The van der Waals surface area contributed by atoms with Crippen LogP contribution in [0.1, 0.15) is 77.6 Å². The largest absolute Gasteiger partial charge is 0.481 e. The van der Waals surface area contributed by atoms with Crippen LogP contribution in [0.4, 0.5) is 0 Å². The van der Waals surface area contributed by atoms with Crippen LogP contribution in [0.15, 0.2) is 12.2 Å². The van der Waals surface area contributed by atoms with E-state index in [1.54, 1.807) is 0 Å². The molecular weight excluding hydrogens is 320 g/mol. The number of rotatable bonds is 13. The predicted octanol–water partition coefficient (Wildman–Crippen LogP) is 4.24. The summed E-state index contributed by atoms with van der Waals surface area (Å²) < 4.78 is 0. The van der Waals surface area contributed by atoms with Crippen molar-refractivity contribution in [2.75, 3.05) is 0 Å². The number of carboxylic acids is 1. The van der Waals surface area contributed by atoms with Crippen LogP contribution in [0, 0.1) is 11.8 Å². The zero-order valence-electron chi connectivity index (χ0n) is 15.4. The van der Waals surface area contributed by atoms with Crippen LogP contribution in [-0.4, -0.2) is 34.5 Å². The van der Waals surface area contributed by atoms with Crippen molar-refractivity contribution < 1.29 is 24.8 Å². The van der Waals surface area contributed by atoms with Crippen molar-refractivity contribution in [2.24, 2.45) is 11.8 Å². The molecule has 0 amide bonds. The molecule has 5 nitrogen and oxygen atoms in total. The Morgan fingerprint density at radius 2 is 1.88 bits per heavy atom. The van der Waals surface area contributed by atoms with Gasteiger partial charge in [0.2, 0.25) is 0 Å². The third-order valence-corrected chi connectivity index (χ3v) is 5.58. The average molecular weight is 354 g/mol. The number of aliphatic hydroxyl groups excluding tert-OH is 1. The van der Waals surface area contributed by atoms with Crippen molar-refractivity contribution in [2.45, 2.75) is 95.9 Å². The normalized spacial score (nSPS) is 29.5. The number of aliphatic hydroxyl groups is 1. The van der Waals surface area contributed by atoms with Crippen molar-refractivity contribution in [3.8, 4) is 0 Å². The van der Waals surface area contributed by atoms with Crippen LogP contribution in [0.5, 0.6) is 0 Å². The number of hydrogen-bond acceptors (Lipinski definition) is 4. The maximum absolute atomic E-state index is 10.5. The molecule has 2 aliphatic rings. The maximum atomic E-state index is 10.5. The minimum absolute atomic E-state index is 0.177. The van der Waals surface area contributed by atoms with E-state index in [1.807, 2.05) is 0 Å². The Labute approximate surface area is 151 Å². The molecule has 5 heteroatoms. The first-order valence-electron chi connectivity index (χ1n) is 9.98. The van der Waals surface area contributed by atoms with Crippen molar-refractivity contribution >= 4 is 5.97 Å². The Morgan fingerprint density at radius 1 is 1.12 bits per heavy atom. The SMILES string of the molecule is CCCCCC(O)CC[C@@H]1C(C/C=C\CCCC(=O)O)[C@@H]2C[C@H]1OO2. The summed E-state index contributed by atoms with van der Waals surface area (Å²) in [5.74, 6) is 0.185. The standard InChI is InChI=1S/C20H34O5/c1-2-3-6-9-15(21)12-13-17-16(18-14-19(17)25-24-18)10-7-4-5-8-11-20(22)23/h4,7,15-19,21H,2-3,5-6,8-14H2,1H3,(H,22,23)/b7-4-/t15?,16?,17-,18+,19-/m1/s1. The zero-order valence-corrected chi connectivity index (χ0v) is 15.4. The summed E-state index contributed by atoms with van der Waals surface area (Å²) in [5.41, 5.74) is 0.